The van der Waals surface area contributed by atoms with Gasteiger partial charge in [0.25, 0.3) is 0 Å². The second kappa shape index (κ2) is 7.60. The Balaban J connectivity index is 1.84. The van der Waals surface area contributed by atoms with Gasteiger partial charge < -0.3 is 16.4 Å². The number of nitrogen functional groups attached to an aromatic ring is 1. The number of hydrogen-bond acceptors (Lipinski definition) is 7. The zero-order valence-corrected chi connectivity index (χ0v) is 15.7. The van der Waals surface area contributed by atoms with Gasteiger partial charge in [-0.1, -0.05) is 17.7 Å². The number of nitrogens with zero attached hydrogens (tertiary/aromatic N) is 2. The van der Waals surface area contributed by atoms with Gasteiger partial charge in [-0.25, -0.2) is 23.1 Å². The normalized spacial score (nSPS) is 11.2. The lowest BCUT2D eigenvalue weighted by Gasteiger charge is -2.12. The van der Waals surface area contributed by atoms with E-state index in [1.54, 1.807) is 6.07 Å². The third-order valence-electron chi connectivity index (χ3n) is 3.86. The Morgan fingerprint density at radius 1 is 0.926 bits per heavy atom. The predicted octanol–water partition coefficient (Wildman–Crippen LogP) is 2.76. The molecule has 0 saturated carbocycles. The summed E-state index contributed by atoms with van der Waals surface area (Å²) in [4.78, 5) is 8.46. The van der Waals surface area contributed by atoms with Crippen LogP contribution in [-0.2, 0) is 10.0 Å². The molecule has 0 amide bonds. The second-order valence-electron chi connectivity index (χ2n) is 5.86. The molecule has 0 radical (unpaired) electrons. The van der Waals surface area contributed by atoms with E-state index in [2.05, 4.69) is 25.3 Å². The van der Waals surface area contributed by atoms with Gasteiger partial charge >= 0.3 is 0 Å². The van der Waals surface area contributed by atoms with Crippen molar-refractivity contribution in [3.63, 3.8) is 0 Å². The fourth-order valence-corrected chi connectivity index (χ4v) is 3.10. The molecule has 0 aliphatic rings. The lowest BCUT2D eigenvalue weighted by molar-refractivity contribution is 0.588. The lowest BCUT2D eigenvalue weighted by Crippen LogP contribution is -2.18. The highest BCUT2D eigenvalue weighted by atomic mass is 32.2. The van der Waals surface area contributed by atoms with Gasteiger partial charge in [0.05, 0.1) is 16.3 Å². The van der Waals surface area contributed by atoms with Crippen molar-refractivity contribution < 1.29 is 8.42 Å². The van der Waals surface area contributed by atoms with Crippen LogP contribution in [0.5, 0.6) is 0 Å². The molecule has 0 fully saturated rings. The molecule has 140 valence electrons. The van der Waals surface area contributed by atoms with Crippen molar-refractivity contribution in [1.82, 2.24) is 14.7 Å². The SMILES string of the molecule is CNS(=O)(=O)c1ccc(N)c(Nc2cc(Nc3ccc(C)cc3)ncn2)c1. The molecule has 0 saturated heterocycles. The van der Waals surface area contributed by atoms with Gasteiger partial charge in [-0.15, -0.1) is 0 Å². The zero-order chi connectivity index (χ0) is 19.4. The molecule has 27 heavy (non-hydrogen) atoms. The highest BCUT2D eigenvalue weighted by molar-refractivity contribution is 7.89. The summed E-state index contributed by atoms with van der Waals surface area (Å²) in [5.41, 5.74) is 8.86. The number of sulfonamides is 1. The molecule has 9 heteroatoms. The summed E-state index contributed by atoms with van der Waals surface area (Å²) in [6.45, 7) is 2.02. The van der Waals surface area contributed by atoms with Gasteiger partial charge in [-0.3, -0.25) is 0 Å². The first-order valence-corrected chi connectivity index (χ1v) is 9.61. The molecule has 3 rings (SSSR count). The summed E-state index contributed by atoms with van der Waals surface area (Å²) in [7, 11) is -2.22. The second-order valence-corrected chi connectivity index (χ2v) is 7.75. The average Bonchev–Trinajstić information content (AvgIpc) is 2.65. The number of rotatable bonds is 6. The van der Waals surface area contributed by atoms with Gasteiger partial charge in [0, 0.05) is 11.8 Å². The summed E-state index contributed by atoms with van der Waals surface area (Å²) in [5, 5.41) is 6.22. The summed E-state index contributed by atoms with van der Waals surface area (Å²) in [5.74, 6) is 1.07. The van der Waals surface area contributed by atoms with Gasteiger partial charge in [0.2, 0.25) is 10.0 Å². The smallest absolute Gasteiger partial charge is 0.240 e. The van der Waals surface area contributed by atoms with Crippen LogP contribution in [0.25, 0.3) is 0 Å². The first-order chi connectivity index (χ1) is 12.9. The molecule has 0 bridgehead atoms. The van der Waals surface area contributed by atoms with Gasteiger partial charge in [-0.05, 0) is 44.3 Å². The van der Waals surface area contributed by atoms with Crippen LogP contribution in [0.3, 0.4) is 0 Å². The minimum absolute atomic E-state index is 0.105. The van der Waals surface area contributed by atoms with Crippen LogP contribution in [0.15, 0.2) is 59.8 Å². The maximum Gasteiger partial charge on any atom is 0.240 e. The van der Waals surface area contributed by atoms with E-state index < -0.39 is 10.0 Å². The van der Waals surface area contributed by atoms with Crippen LogP contribution in [0.4, 0.5) is 28.7 Å². The predicted molar refractivity (Wildman–Crippen MR) is 107 cm³/mol. The summed E-state index contributed by atoms with van der Waals surface area (Å²) < 4.78 is 26.2. The molecule has 5 N–H and O–H groups in total. The Morgan fingerprint density at radius 3 is 2.26 bits per heavy atom. The van der Waals surface area contributed by atoms with Crippen molar-refractivity contribution in [2.45, 2.75) is 11.8 Å². The number of nitrogens with two attached hydrogens (primary N) is 1. The third kappa shape index (κ3) is 4.52. The summed E-state index contributed by atoms with van der Waals surface area (Å²) in [6.07, 6.45) is 1.41. The Morgan fingerprint density at radius 2 is 1.59 bits per heavy atom. The Bertz CT molecular complexity index is 1050. The fourth-order valence-electron chi connectivity index (χ4n) is 2.35. The van der Waals surface area contributed by atoms with E-state index >= 15 is 0 Å². The molecule has 8 nitrogen and oxygen atoms in total. The average molecular weight is 384 g/mol. The maximum absolute atomic E-state index is 12.0. The minimum Gasteiger partial charge on any atom is -0.397 e. The summed E-state index contributed by atoms with van der Waals surface area (Å²) >= 11 is 0. The van der Waals surface area contributed by atoms with Crippen molar-refractivity contribution in [2.75, 3.05) is 23.4 Å². The van der Waals surface area contributed by atoms with Gasteiger partial charge in [-0.2, -0.15) is 0 Å². The van der Waals surface area contributed by atoms with E-state index in [1.165, 1.54) is 31.6 Å². The van der Waals surface area contributed by atoms with Crippen molar-refractivity contribution in [1.29, 1.82) is 0 Å². The molecule has 0 unspecified atom stereocenters. The minimum atomic E-state index is -3.57. The largest absolute Gasteiger partial charge is 0.397 e. The Labute approximate surface area is 157 Å². The highest BCUT2D eigenvalue weighted by Gasteiger charge is 2.13. The van der Waals surface area contributed by atoms with Crippen molar-refractivity contribution in [2.24, 2.45) is 0 Å². The van der Waals surface area contributed by atoms with Crippen LogP contribution in [-0.4, -0.2) is 25.4 Å². The quantitative estimate of drug-likeness (QED) is 0.482. The standard InChI is InChI=1S/C18H20N6O2S/c1-12-3-5-13(6-4-12)23-17-10-18(22-11-21-17)24-16-9-14(7-8-15(16)19)27(25,26)20-2/h3-11,20H,19H2,1-2H3,(H2,21,22,23,24). The zero-order valence-electron chi connectivity index (χ0n) is 14.9. The van der Waals surface area contributed by atoms with E-state index in [4.69, 9.17) is 5.73 Å². The summed E-state index contributed by atoms with van der Waals surface area (Å²) in [6, 6.07) is 14.0. The monoisotopic (exact) mass is 384 g/mol. The first-order valence-electron chi connectivity index (χ1n) is 8.13. The van der Waals surface area contributed by atoms with Crippen LogP contribution >= 0.6 is 0 Å². The van der Waals surface area contributed by atoms with Crippen LogP contribution < -0.4 is 21.1 Å². The molecular weight excluding hydrogens is 364 g/mol. The molecule has 1 aromatic heterocycles. The van der Waals surface area contributed by atoms with Gasteiger partial charge in [0.15, 0.2) is 0 Å². The molecule has 0 spiro atoms. The molecule has 1 heterocycles. The van der Waals surface area contributed by atoms with Crippen molar-refractivity contribution >= 4 is 38.7 Å². The van der Waals surface area contributed by atoms with Crippen LogP contribution in [0, 0.1) is 6.92 Å². The number of nitrogens with one attached hydrogen (secondary N) is 3. The number of aryl methyl sites for hydroxylation is 1. The lowest BCUT2D eigenvalue weighted by atomic mass is 10.2. The topological polar surface area (TPSA) is 122 Å². The van der Waals surface area contributed by atoms with Crippen LogP contribution in [0.1, 0.15) is 5.56 Å². The van der Waals surface area contributed by atoms with E-state index in [1.807, 2.05) is 31.2 Å². The molecule has 0 atom stereocenters. The maximum atomic E-state index is 12.0. The first kappa shape index (κ1) is 18.6. The van der Waals surface area contributed by atoms with Crippen molar-refractivity contribution in [3.8, 4) is 0 Å². The molecule has 2 aromatic carbocycles. The van der Waals surface area contributed by atoms with E-state index in [0.717, 1.165) is 11.3 Å². The van der Waals surface area contributed by atoms with E-state index in [0.29, 0.717) is 23.0 Å². The number of benzene rings is 2. The highest BCUT2D eigenvalue weighted by Crippen LogP contribution is 2.26. The van der Waals surface area contributed by atoms with Crippen molar-refractivity contribution in [3.05, 3.63) is 60.4 Å². The molecule has 3 aromatic rings. The molecule has 0 aliphatic carbocycles. The Kier molecular flexibility index (Phi) is 5.24. The van der Waals surface area contributed by atoms with Crippen LogP contribution in [0.2, 0.25) is 0 Å². The number of anilines is 5. The fraction of sp³-hybridized carbons (Fsp3) is 0.111. The van der Waals surface area contributed by atoms with E-state index in [-0.39, 0.29) is 4.90 Å². The number of aromatic nitrogens is 2. The molecular formula is C18H20N6O2S. The third-order valence-corrected chi connectivity index (χ3v) is 5.27. The number of hydrogen-bond donors (Lipinski definition) is 4. The molecule has 0 aliphatic heterocycles. The van der Waals surface area contributed by atoms with E-state index in [9.17, 15) is 8.42 Å². The van der Waals surface area contributed by atoms with Gasteiger partial charge in [0.1, 0.15) is 18.0 Å². The Hall–Kier alpha value is -3.17.